The van der Waals surface area contributed by atoms with Gasteiger partial charge in [0.05, 0.1) is 47.1 Å². The SMILES string of the molecule is COc1cc(-c2ncn(C)n2)ccc1NCC#Cc1sc2c(N[C@@H]3CCN(C)C[C@@H]3F)cccc2c1CC(F)(F)F. The van der Waals surface area contributed by atoms with Crippen LogP contribution in [0.4, 0.5) is 28.9 Å². The van der Waals surface area contributed by atoms with E-state index in [1.807, 2.05) is 24.1 Å². The molecular formula is C29H30F4N6OS. The van der Waals surface area contributed by atoms with Gasteiger partial charge in [-0.2, -0.15) is 18.3 Å². The van der Waals surface area contributed by atoms with Crippen molar-refractivity contribution in [3.8, 4) is 29.0 Å². The van der Waals surface area contributed by atoms with E-state index in [0.29, 0.717) is 50.9 Å². The van der Waals surface area contributed by atoms with Crippen LogP contribution in [0.2, 0.25) is 0 Å². The second-order valence-electron chi connectivity index (χ2n) is 10.0. The van der Waals surface area contributed by atoms with Gasteiger partial charge in [-0.15, -0.1) is 11.3 Å². The lowest BCUT2D eigenvalue weighted by molar-refractivity contribution is -0.126. The molecule has 41 heavy (non-hydrogen) atoms. The summed E-state index contributed by atoms with van der Waals surface area (Å²) in [5, 5.41) is 11.2. The van der Waals surface area contributed by atoms with Crippen molar-refractivity contribution in [2.75, 3.05) is 44.4 Å². The van der Waals surface area contributed by atoms with Crippen LogP contribution in [0, 0.1) is 11.8 Å². The number of likely N-dealkylation sites (tertiary alicyclic amines) is 1. The van der Waals surface area contributed by atoms with Gasteiger partial charge in [0.1, 0.15) is 18.2 Å². The molecule has 2 N–H and O–H groups in total. The number of methoxy groups -OCH3 is 1. The fourth-order valence-electron chi connectivity index (χ4n) is 4.89. The Hall–Kier alpha value is -3.82. The molecule has 0 spiro atoms. The highest BCUT2D eigenvalue weighted by Gasteiger charge is 2.32. The number of nitrogens with one attached hydrogen (secondary N) is 2. The lowest BCUT2D eigenvalue weighted by Gasteiger charge is -2.33. The molecule has 3 heterocycles. The van der Waals surface area contributed by atoms with Gasteiger partial charge in [0.15, 0.2) is 5.82 Å². The molecule has 2 atom stereocenters. The van der Waals surface area contributed by atoms with Gasteiger partial charge in [-0.3, -0.25) is 4.68 Å². The average Bonchev–Trinajstić information content (AvgIpc) is 3.51. The van der Waals surface area contributed by atoms with Crippen LogP contribution in [0.15, 0.2) is 42.7 Å². The Labute approximate surface area is 239 Å². The van der Waals surface area contributed by atoms with Crippen LogP contribution in [0.25, 0.3) is 21.5 Å². The van der Waals surface area contributed by atoms with E-state index in [-0.39, 0.29) is 12.1 Å². The third kappa shape index (κ3) is 6.74. The minimum atomic E-state index is -4.40. The zero-order valence-electron chi connectivity index (χ0n) is 22.8. The van der Waals surface area contributed by atoms with E-state index >= 15 is 0 Å². The molecule has 0 saturated carbocycles. The zero-order chi connectivity index (χ0) is 29.1. The van der Waals surface area contributed by atoms with Gasteiger partial charge in [-0.25, -0.2) is 9.37 Å². The Bertz CT molecular complexity index is 1590. The fraction of sp³-hybridized carbons (Fsp3) is 0.379. The van der Waals surface area contributed by atoms with Crippen molar-refractivity contribution < 1.29 is 22.3 Å². The number of anilines is 2. The summed E-state index contributed by atoms with van der Waals surface area (Å²) in [5.41, 5.74) is 2.23. The minimum absolute atomic E-state index is 0.138. The highest BCUT2D eigenvalue weighted by Crippen LogP contribution is 2.39. The normalized spacial score (nSPS) is 17.7. The topological polar surface area (TPSA) is 67.2 Å². The number of piperidine rings is 1. The molecule has 0 bridgehead atoms. The Kier molecular flexibility index (Phi) is 8.37. The third-order valence-corrected chi connectivity index (χ3v) is 8.11. The van der Waals surface area contributed by atoms with Crippen LogP contribution < -0.4 is 15.4 Å². The fourth-order valence-corrected chi connectivity index (χ4v) is 6.06. The van der Waals surface area contributed by atoms with Crippen LogP contribution in [-0.4, -0.2) is 71.8 Å². The van der Waals surface area contributed by atoms with Crippen LogP contribution in [0.1, 0.15) is 16.9 Å². The summed E-state index contributed by atoms with van der Waals surface area (Å²) in [6.45, 7) is 1.24. The highest BCUT2D eigenvalue weighted by molar-refractivity contribution is 7.20. The summed E-state index contributed by atoms with van der Waals surface area (Å²) in [6, 6.07) is 10.2. The summed E-state index contributed by atoms with van der Waals surface area (Å²) in [7, 11) is 5.20. The van der Waals surface area contributed by atoms with Crippen molar-refractivity contribution in [3.63, 3.8) is 0 Å². The number of thiophene rings is 1. The van der Waals surface area contributed by atoms with E-state index in [2.05, 4.69) is 32.6 Å². The van der Waals surface area contributed by atoms with Crippen molar-refractivity contribution in [2.24, 2.45) is 7.05 Å². The number of aromatic nitrogens is 3. The first kappa shape index (κ1) is 28.7. The Morgan fingerprint density at radius 3 is 2.71 bits per heavy atom. The number of ether oxygens (including phenoxy) is 1. The van der Waals surface area contributed by atoms with E-state index in [0.717, 1.165) is 12.1 Å². The molecule has 1 aliphatic rings. The number of alkyl halides is 4. The quantitative estimate of drug-likeness (QED) is 0.213. The van der Waals surface area contributed by atoms with Gasteiger partial charge in [0, 0.05) is 25.7 Å². The second-order valence-corrected chi connectivity index (χ2v) is 11.0. The summed E-state index contributed by atoms with van der Waals surface area (Å²) >= 11 is 1.20. The second kappa shape index (κ2) is 12.0. The molecular weight excluding hydrogens is 556 g/mol. The van der Waals surface area contributed by atoms with Gasteiger partial charge >= 0.3 is 6.18 Å². The minimum Gasteiger partial charge on any atom is -0.495 e. The number of aryl methyl sites for hydroxylation is 1. The Morgan fingerprint density at radius 1 is 1.17 bits per heavy atom. The lowest BCUT2D eigenvalue weighted by Crippen LogP contribution is -2.46. The van der Waals surface area contributed by atoms with Crippen molar-refractivity contribution in [3.05, 3.63) is 53.2 Å². The van der Waals surface area contributed by atoms with Crippen LogP contribution in [0.5, 0.6) is 5.75 Å². The molecule has 0 aliphatic carbocycles. The first-order valence-corrected chi connectivity index (χ1v) is 13.9. The maximum absolute atomic E-state index is 14.7. The van der Waals surface area contributed by atoms with E-state index in [9.17, 15) is 17.6 Å². The van der Waals surface area contributed by atoms with Crippen molar-refractivity contribution in [1.29, 1.82) is 0 Å². The van der Waals surface area contributed by atoms with Crippen molar-refractivity contribution >= 4 is 32.8 Å². The van der Waals surface area contributed by atoms with Crippen LogP contribution >= 0.6 is 11.3 Å². The van der Waals surface area contributed by atoms with E-state index in [4.69, 9.17) is 4.74 Å². The van der Waals surface area contributed by atoms with E-state index < -0.39 is 24.8 Å². The summed E-state index contributed by atoms with van der Waals surface area (Å²) in [4.78, 5) is 6.52. The molecule has 0 radical (unpaired) electrons. The van der Waals surface area contributed by atoms with Crippen molar-refractivity contribution in [1.82, 2.24) is 19.7 Å². The molecule has 0 amide bonds. The number of nitrogens with zero attached hydrogens (tertiary/aromatic N) is 4. The van der Waals surface area contributed by atoms with E-state index in [1.54, 1.807) is 49.4 Å². The Morgan fingerprint density at radius 2 is 2.00 bits per heavy atom. The van der Waals surface area contributed by atoms with Crippen LogP contribution in [-0.2, 0) is 13.5 Å². The van der Waals surface area contributed by atoms with Gasteiger partial charge < -0.3 is 20.3 Å². The number of halogens is 4. The monoisotopic (exact) mass is 586 g/mol. The molecule has 2 aromatic carbocycles. The predicted octanol–water partition coefficient (Wildman–Crippen LogP) is 5.73. The third-order valence-electron chi connectivity index (χ3n) is 6.91. The zero-order valence-corrected chi connectivity index (χ0v) is 23.7. The molecule has 1 aliphatic heterocycles. The van der Waals surface area contributed by atoms with E-state index in [1.165, 1.54) is 11.3 Å². The lowest BCUT2D eigenvalue weighted by atomic mass is 10.0. The first-order chi connectivity index (χ1) is 19.6. The molecule has 12 heteroatoms. The van der Waals surface area contributed by atoms with Gasteiger partial charge in [0.2, 0.25) is 0 Å². The largest absolute Gasteiger partial charge is 0.495 e. The molecule has 7 nitrogen and oxygen atoms in total. The number of hydrogen-bond acceptors (Lipinski definition) is 7. The number of benzene rings is 2. The number of hydrogen-bond donors (Lipinski definition) is 2. The van der Waals surface area contributed by atoms with Crippen molar-refractivity contribution in [2.45, 2.75) is 31.2 Å². The maximum atomic E-state index is 14.7. The first-order valence-electron chi connectivity index (χ1n) is 13.1. The molecule has 1 saturated heterocycles. The van der Waals surface area contributed by atoms with Gasteiger partial charge in [-0.1, -0.05) is 24.0 Å². The summed E-state index contributed by atoms with van der Waals surface area (Å²) < 4.78 is 63.2. The number of rotatable bonds is 7. The predicted molar refractivity (Wildman–Crippen MR) is 154 cm³/mol. The average molecular weight is 587 g/mol. The highest BCUT2D eigenvalue weighted by atomic mass is 32.1. The molecule has 216 valence electrons. The number of fused-ring (bicyclic) bond motifs is 1. The van der Waals surface area contributed by atoms with Gasteiger partial charge in [0.25, 0.3) is 0 Å². The standard InChI is InChI=1S/C29H30F4N6OS/c1-38-13-11-22(21(30)16-38)36-24-7-4-6-19-20(15-29(31,32)33)26(41-27(19)24)8-5-12-34-23-10-9-18(14-25(23)40-3)28-35-17-39(2)37-28/h4,6-7,9-10,14,17,21-22,34,36H,11-13,15-16H2,1-3H3/t21-,22+/m0/s1. The van der Waals surface area contributed by atoms with Gasteiger partial charge in [-0.05, 0) is 48.7 Å². The van der Waals surface area contributed by atoms with Crippen LogP contribution in [0.3, 0.4) is 0 Å². The molecule has 1 fully saturated rings. The summed E-state index contributed by atoms with van der Waals surface area (Å²) in [5.74, 6) is 7.04. The molecule has 5 rings (SSSR count). The molecule has 2 aromatic heterocycles. The molecule has 0 unspecified atom stereocenters. The molecule has 4 aromatic rings. The smallest absolute Gasteiger partial charge is 0.393 e. The summed E-state index contributed by atoms with van der Waals surface area (Å²) in [6.07, 6.45) is -4.35. The Balaban J connectivity index is 1.38. The maximum Gasteiger partial charge on any atom is 0.393 e.